The van der Waals surface area contributed by atoms with Gasteiger partial charge in [-0.2, -0.15) is 0 Å². The van der Waals surface area contributed by atoms with E-state index in [0.29, 0.717) is 0 Å². The molecular weight excluding hydrogens is 508 g/mol. The summed E-state index contributed by atoms with van der Waals surface area (Å²) in [5.74, 6) is -1.77. The van der Waals surface area contributed by atoms with E-state index in [1.165, 1.54) is 7.11 Å². The van der Waals surface area contributed by atoms with Crippen molar-refractivity contribution in [2.24, 2.45) is 5.92 Å². The van der Waals surface area contributed by atoms with E-state index in [-0.39, 0.29) is 13.2 Å². The average Bonchev–Trinajstić information content (AvgIpc) is 3.43. The van der Waals surface area contributed by atoms with Crippen molar-refractivity contribution in [3.8, 4) is 0 Å². The first-order valence-electron chi connectivity index (χ1n) is 13.4. The predicted molar refractivity (Wildman–Crippen MR) is 135 cm³/mol. The SMILES string of the molecule is CO[C@H]1O[C@@H]2CO[C@@H](c3ccccc3)O[C@H]2[C@H](O)[C@@H]1[C@H](O)[C@H]1O[C@@H]2OC(C)(C)O[C@@H]2[C@@H]1OCc1ccccc1. The zero-order valence-corrected chi connectivity index (χ0v) is 22.2. The maximum Gasteiger partial charge on any atom is 0.190 e. The molecule has 0 aromatic heterocycles. The van der Waals surface area contributed by atoms with Crippen LogP contribution in [0.1, 0.15) is 31.3 Å². The molecular formula is C29H36O10. The highest BCUT2D eigenvalue weighted by atomic mass is 16.8. The third kappa shape index (κ3) is 5.39. The van der Waals surface area contributed by atoms with E-state index in [1.807, 2.05) is 60.7 Å². The Hall–Kier alpha value is -1.96. The van der Waals surface area contributed by atoms with Crippen molar-refractivity contribution < 1.29 is 48.1 Å². The van der Waals surface area contributed by atoms with E-state index in [0.717, 1.165) is 11.1 Å². The molecule has 0 unspecified atom stereocenters. The Morgan fingerprint density at radius 3 is 2.38 bits per heavy atom. The van der Waals surface area contributed by atoms with E-state index in [9.17, 15) is 10.2 Å². The summed E-state index contributed by atoms with van der Waals surface area (Å²) < 4.78 is 48.3. The van der Waals surface area contributed by atoms with Gasteiger partial charge in [0.25, 0.3) is 0 Å². The lowest BCUT2D eigenvalue weighted by Crippen LogP contribution is -2.64. The van der Waals surface area contributed by atoms with Crippen LogP contribution in [0.5, 0.6) is 0 Å². The molecule has 4 aliphatic rings. The fourth-order valence-corrected chi connectivity index (χ4v) is 5.92. The molecule has 2 aromatic carbocycles. The van der Waals surface area contributed by atoms with Gasteiger partial charge < -0.3 is 48.1 Å². The van der Waals surface area contributed by atoms with Crippen LogP contribution in [0.4, 0.5) is 0 Å². The maximum absolute atomic E-state index is 11.7. The van der Waals surface area contributed by atoms with E-state index in [4.69, 9.17) is 37.9 Å². The zero-order valence-electron chi connectivity index (χ0n) is 22.2. The monoisotopic (exact) mass is 544 g/mol. The third-order valence-corrected chi connectivity index (χ3v) is 7.76. The summed E-state index contributed by atoms with van der Waals surface area (Å²) in [7, 11) is 1.47. The minimum absolute atomic E-state index is 0.202. The lowest BCUT2D eigenvalue weighted by Gasteiger charge is -2.49. The van der Waals surface area contributed by atoms with Gasteiger partial charge in [0.15, 0.2) is 24.7 Å². The molecule has 10 nitrogen and oxygen atoms in total. The number of methoxy groups -OCH3 is 1. The van der Waals surface area contributed by atoms with Crippen LogP contribution in [0.2, 0.25) is 0 Å². The van der Waals surface area contributed by atoms with Gasteiger partial charge in [-0.3, -0.25) is 0 Å². The number of hydrogen-bond donors (Lipinski definition) is 2. The number of fused-ring (bicyclic) bond motifs is 2. The molecule has 4 aliphatic heterocycles. The second-order valence-corrected chi connectivity index (χ2v) is 10.8. The van der Waals surface area contributed by atoms with E-state index in [1.54, 1.807) is 13.8 Å². The van der Waals surface area contributed by atoms with Crippen LogP contribution >= 0.6 is 0 Å². The smallest absolute Gasteiger partial charge is 0.190 e. The highest BCUT2D eigenvalue weighted by Crippen LogP contribution is 2.44. The summed E-state index contributed by atoms with van der Waals surface area (Å²) in [4.78, 5) is 0. The Balaban J connectivity index is 1.22. The molecule has 0 amide bonds. The number of aliphatic hydroxyl groups is 2. The topological polar surface area (TPSA) is 114 Å². The molecule has 6 rings (SSSR count). The van der Waals surface area contributed by atoms with Gasteiger partial charge in [0.05, 0.1) is 31.3 Å². The second-order valence-electron chi connectivity index (χ2n) is 10.8. The zero-order chi connectivity index (χ0) is 27.1. The first-order valence-corrected chi connectivity index (χ1v) is 13.4. The van der Waals surface area contributed by atoms with Gasteiger partial charge in [0, 0.05) is 12.7 Å². The fourth-order valence-electron chi connectivity index (χ4n) is 5.92. The Labute approximate surface area is 227 Å². The summed E-state index contributed by atoms with van der Waals surface area (Å²) >= 11 is 0. The van der Waals surface area contributed by atoms with Crippen LogP contribution in [0.3, 0.4) is 0 Å². The van der Waals surface area contributed by atoms with Gasteiger partial charge >= 0.3 is 0 Å². The Morgan fingerprint density at radius 2 is 1.67 bits per heavy atom. The van der Waals surface area contributed by atoms with Crippen molar-refractivity contribution in [2.45, 2.75) is 87.8 Å². The van der Waals surface area contributed by atoms with Crippen molar-refractivity contribution in [1.82, 2.24) is 0 Å². The predicted octanol–water partition coefficient (Wildman–Crippen LogP) is 2.27. The highest BCUT2D eigenvalue weighted by molar-refractivity contribution is 5.17. The molecule has 2 N–H and O–H groups in total. The molecule has 4 fully saturated rings. The first kappa shape index (κ1) is 27.2. The van der Waals surface area contributed by atoms with Crippen LogP contribution in [0, 0.1) is 5.92 Å². The lowest BCUT2D eigenvalue weighted by atomic mass is 9.82. The second kappa shape index (κ2) is 11.1. The number of ether oxygens (including phenoxy) is 8. The van der Waals surface area contributed by atoms with Crippen molar-refractivity contribution in [2.75, 3.05) is 13.7 Å². The Kier molecular flexibility index (Phi) is 7.77. The molecule has 39 heavy (non-hydrogen) atoms. The van der Waals surface area contributed by atoms with Crippen LogP contribution in [0.15, 0.2) is 60.7 Å². The van der Waals surface area contributed by atoms with Crippen LogP contribution in [-0.2, 0) is 44.5 Å². The average molecular weight is 545 g/mol. The minimum Gasteiger partial charge on any atom is -0.390 e. The third-order valence-electron chi connectivity index (χ3n) is 7.76. The van der Waals surface area contributed by atoms with Crippen LogP contribution in [-0.4, -0.2) is 85.0 Å². The quantitative estimate of drug-likeness (QED) is 0.538. The normalized spacial score (nSPS) is 40.1. The molecule has 11 atom stereocenters. The molecule has 10 heteroatoms. The van der Waals surface area contributed by atoms with Crippen molar-refractivity contribution in [3.63, 3.8) is 0 Å². The van der Waals surface area contributed by atoms with Gasteiger partial charge in [0.2, 0.25) is 0 Å². The Bertz CT molecular complexity index is 1080. The summed E-state index contributed by atoms with van der Waals surface area (Å²) in [6.07, 6.45) is -8.21. The van der Waals surface area contributed by atoms with E-state index < -0.39 is 73.3 Å². The van der Waals surface area contributed by atoms with Gasteiger partial charge in [0.1, 0.15) is 30.5 Å². The molecule has 0 saturated carbocycles. The molecule has 0 aliphatic carbocycles. The van der Waals surface area contributed by atoms with E-state index >= 15 is 0 Å². The largest absolute Gasteiger partial charge is 0.390 e. The molecule has 0 spiro atoms. The fraction of sp³-hybridized carbons (Fsp3) is 0.586. The highest BCUT2D eigenvalue weighted by Gasteiger charge is 2.61. The summed E-state index contributed by atoms with van der Waals surface area (Å²) in [6.45, 7) is 4.10. The van der Waals surface area contributed by atoms with Crippen LogP contribution in [0.25, 0.3) is 0 Å². The molecule has 0 radical (unpaired) electrons. The van der Waals surface area contributed by atoms with Gasteiger partial charge in [-0.1, -0.05) is 60.7 Å². The molecule has 4 saturated heterocycles. The number of hydrogen-bond acceptors (Lipinski definition) is 10. The van der Waals surface area contributed by atoms with Gasteiger partial charge in [-0.25, -0.2) is 0 Å². The van der Waals surface area contributed by atoms with Crippen molar-refractivity contribution >= 4 is 0 Å². The number of benzene rings is 2. The van der Waals surface area contributed by atoms with Gasteiger partial charge in [-0.15, -0.1) is 0 Å². The first-order chi connectivity index (χ1) is 18.8. The summed E-state index contributed by atoms with van der Waals surface area (Å²) in [5.41, 5.74) is 1.79. The number of aliphatic hydroxyl groups excluding tert-OH is 2. The molecule has 4 heterocycles. The lowest BCUT2D eigenvalue weighted by molar-refractivity contribution is -0.362. The number of rotatable bonds is 7. The Morgan fingerprint density at radius 1 is 0.949 bits per heavy atom. The molecule has 2 aromatic rings. The summed E-state index contributed by atoms with van der Waals surface area (Å²) in [5, 5.41) is 23.3. The van der Waals surface area contributed by atoms with Crippen molar-refractivity contribution in [1.29, 1.82) is 0 Å². The standard InChI is InChI=1S/C29H36O10/c1-29(2)38-25-24(33-14-16-10-6-4-7-11-16)23(37-28(25)39-29)21(31)19-20(30)22-18(35-27(19)32-3)15-34-26(36-22)17-12-8-5-9-13-17/h4-13,18-28,30-31H,14-15H2,1-3H3/t18-,19-,20-,21+,22-,23-,24-,25-,26-,27+,28-/m1/s1. The minimum atomic E-state index is -1.26. The summed E-state index contributed by atoms with van der Waals surface area (Å²) in [6, 6.07) is 19.2. The van der Waals surface area contributed by atoms with E-state index in [2.05, 4.69) is 0 Å². The maximum atomic E-state index is 11.7. The van der Waals surface area contributed by atoms with Crippen LogP contribution < -0.4 is 0 Å². The van der Waals surface area contributed by atoms with Crippen molar-refractivity contribution in [3.05, 3.63) is 71.8 Å². The van der Waals surface area contributed by atoms with Gasteiger partial charge in [-0.05, 0) is 19.4 Å². The molecule has 0 bridgehead atoms. The molecule has 212 valence electrons.